The minimum atomic E-state index is -0.392. The molecule has 0 aromatic rings. The van der Waals surface area contributed by atoms with Gasteiger partial charge in [0.2, 0.25) is 5.91 Å². The van der Waals surface area contributed by atoms with Crippen molar-refractivity contribution < 1.29 is 9.90 Å². The molecule has 0 bridgehead atoms. The summed E-state index contributed by atoms with van der Waals surface area (Å²) < 4.78 is 0. The highest BCUT2D eigenvalue weighted by Crippen LogP contribution is 2.31. The van der Waals surface area contributed by atoms with Crippen LogP contribution in [0, 0.1) is 0 Å². The van der Waals surface area contributed by atoms with E-state index in [2.05, 4.69) is 40.2 Å². The molecule has 0 aliphatic carbocycles. The highest BCUT2D eigenvalue weighted by atomic mass is 16.3. The van der Waals surface area contributed by atoms with Crippen molar-refractivity contribution in [3.63, 3.8) is 0 Å². The van der Waals surface area contributed by atoms with E-state index in [0.29, 0.717) is 6.42 Å². The summed E-state index contributed by atoms with van der Waals surface area (Å²) in [5.41, 5.74) is 2.74. The summed E-state index contributed by atoms with van der Waals surface area (Å²) in [6.45, 7) is 52.5. The van der Waals surface area contributed by atoms with Gasteiger partial charge in [-0.05, 0) is 57.4 Å². The molecule has 1 aliphatic heterocycles. The Bertz CT molecular complexity index is 749. The first kappa shape index (κ1) is 65.7. The van der Waals surface area contributed by atoms with Crippen molar-refractivity contribution >= 4 is 5.91 Å². The highest BCUT2D eigenvalue weighted by molar-refractivity contribution is 5.87. The molecule has 1 rings (SSSR count). The molecule has 1 N–H and O–H groups in total. The topological polar surface area (TPSA) is 40.5 Å². The Kier molecular flexibility index (Phi) is 98.5. The van der Waals surface area contributed by atoms with E-state index in [1.165, 1.54) is 6.42 Å². The van der Waals surface area contributed by atoms with Crippen LogP contribution in [0.15, 0.2) is 110 Å². The fourth-order valence-electron chi connectivity index (χ4n) is 2.63. The van der Waals surface area contributed by atoms with E-state index >= 15 is 0 Å². The van der Waals surface area contributed by atoms with Crippen molar-refractivity contribution in [2.24, 2.45) is 0 Å². The number of amides is 1. The van der Waals surface area contributed by atoms with Gasteiger partial charge in [-0.25, -0.2) is 0 Å². The SMILES string of the molecule is C=C(/C=C\C=C/C)C(O)CC.C=C/C=C(\C=C)N1C(=O)CC1C(/C=C\C)=C/C.C=CC.CC.CC.CC.CC.CC.CC.CCC. The number of aliphatic hydroxyl groups excluding tert-OH is 1. The number of aliphatic hydroxyl groups is 1. The summed E-state index contributed by atoms with van der Waals surface area (Å²) >= 11 is 0. The third-order valence-corrected chi connectivity index (χ3v) is 4.23. The molecule has 2 atom stereocenters. The van der Waals surface area contributed by atoms with Crippen molar-refractivity contribution in [2.75, 3.05) is 0 Å². The first-order valence-corrected chi connectivity index (χ1v) is 18.0. The average Bonchev–Trinajstić information content (AvgIpc) is 3.12. The first-order chi connectivity index (χ1) is 22.2. The van der Waals surface area contributed by atoms with Crippen LogP contribution >= 0.6 is 0 Å². The van der Waals surface area contributed by atoms with Crippen molar-refractivity contribution in [3.8, 4) is 0 Å². The lowest BCUT2D eigenvalue weighted by Gasteiger charge is -2.41. The zero-order valence-corrected chi connectivity index (χ0v) is 34.8. The van der Waals surface area contributed by atoms with Gasteiger partial charge in [-0.1, -0.05) is 185 Å². The maximum absolute atomic E-state index is 11.7. The molecule has 0 radical (unpaired) electrons. The Labute approximate surface area is 293 Å². The Hall–Kier alpha value is -2.91. The molecular formula is C43H85NO2. The van der Waals surface area contributed by atoms with Gasteiger partial charge >= 0.3 is 0 Å². The van der Waals surface area contributed by atoms with E-state index in [1.807, 2.05) is 160 Å². The van der Waals surface area contributed by atoms with E-state index in [-0.39, 0.29) is 11.9 Å². The predicted octanol–water partition coefficient (Wildman–Crippen LogP) is 14.6. The molecule has 2 unspecified atom stereocenters. The van der Waals surface area contributed by atoms with E-state index < -0.39 is 6.10 Å². The quantitative estimate of drug-likeness (QED) is 0.154. The maximum atomic E-state index is 11.7. The summed E-state index contributed by atoms with van der Waals surface area (Å²) in [5, 5.41) is 9.25. The van der Waals surface area contributed by atoms with Crippen molar-refractivity contribution in [1.82, 2.24) is 4.90 Å². The monoisotopic (exact) mass is 648 g/mol. The van der Waals surface area contributed by atoms with Crippen LogP contribution in [-0.2, 0) is 4.79 Å². The standard InChI is InChI=1S/C15H19NO.C10H16O.C3H8.C3H6.6C2H6/c1-5-9-12(7-3)14-11-15(17)16(14)13(8-4)10-6-2;1-4-6-7-8-9(3)10(11)5-2;2*1-3-2;6*1-2/h5-10,14H,2,4,11H2,1,3H3;4,6-8,10-11H,3,5H2,1-2H3;3H2,1-2H3;3H,1H2,2H3;6*1-2H3/b9-5-,12-7+,13-10+;6-4-,8-7-;;;;;;;;. The van der Waals surface area contributed by atoms with Crippen LogP contribution in [-0.4, -0.2) is 28.1 Å². The number of carbonyl (C=O) groups excluding carboxylic acids is 1. The number of rotatable bonds is 9. The molecule has 0 spiro atoms. The van der Waals surface area contributed by atoms with E-state index in [0.717, 1.165) is 23.3 Å². The van der Waals surface area contributed by atoms with Crippen LogP contribution in [0.25, 0.3) is 0 Å². The third kappa shape index (κ3) is 45.5. The number of allylic oxidation sites excluding steroid dienone is 9. The largest absolute Gasteiger partial charge is 0.388 e. The third-order valence-electron chi connectivity index (χ3n) is 4.23. The molecule has 0 aromatic carbocycles. The van der Waals surface area contributed by atoms with Crippen LogP contribution in [0.2, 0.25) is 0 Å². The summed E-state index contributed by atoms with van der Waals surface area (Å²) in [5.74, 6) is 0.131. The highest BCUT2D eigenvalue weighted by Gasteiger charge is 2.38. The van der Waals surface area contributed by atoms with Gasteiger partial charge in [-0.15, -0.1) is 6.58 Å². The summed E-state index contributed by atoms with van der Waals surface area (Å²) in [6.07, 6.45) is 22.7. The molecule has 1 amide bonds. The van der Waals surface area contributed by atoms with Crippen LogP contribution in [0.3, 0.4) is 0 Å². The second kappa shape index (κ2) is 69.0. The summed E-state index contributed by atoms with van der Waals surface area (Å²) in [4.78, 5) is 13.5. The normalized spacial score (nSPS) is 12.9. The second-order valence-corrected chi connectivity index (χ2v) is 7.30. The molecule has 274 valence electrons. The van der Waals surface area contributed by atoms with Crippen molar-refractivity contribution in [3.05, 3.63) is 110 Å². The Morgan fingerprint density at radius 2 is 1.22 bits per heavy atom. The summed E-state index contributed by atoms with van der Waals surface area (Å²) in [7, 11) is 0. The molecule has 0 aromatic heterocycles. The molecule has 0 saturated carbocycles. The Morgan fingerprint density at radius 3 is 1.48 bits per heavy atom. The van der Waals surface area contributed by atoms with E-state index in [9.17, 15) is 9.90 Å². The minimum Gasteiger partial charge on any atom is -0.388 e. The molecular weight excluding hydrogens is 562 g/mol. The van der Waals surface area contributed by atoms with Gasteiger partial charge in [0.15, 0.2) is 0 Å². The van der Waals surface area contributed by atoms with Gasteiger partial charge in [-0.3, -0.25) is 4.79 Å². The Balaban J connectivity index is -0.0000000582. The average molecular weight is 648 g/mol. The van der Waals surface area contributed by atoms with Crippen LogP contribution < -0.4 is 0 Å². The molecule has 1 fully saturated rings. The number of hydrogen-bond acceptors (Lipinski definition) is 2. The lowest BCUT2D eigenvalue weighted by molar-refractivity contribution is -0.140. The van der Waals surface area contributed by atoms with Gasteiger partial charge in [0.1, 0.15) is 0 Å². The van der Waals surface area contributed by atoms with Gasteiger partial charge in [0, 0.05) is 5.70 Å². The zero-order valence-electron chi connectivity index (χ0n) is 34.8. The molecule has 3 nitrogen and oxygen atoms in total. The minimum absolute atomic E-state index is 0.131. The van der Waals surface area contributed by atoms with Crippen LogP contribution in [0.5, 0.6) is 0 Å². The summed E-state index contributed by atoms with van der Waals surface area (Å²) in [6, 6.07) is 0.132. The number of carbonyl (C=O) groups is 1. The zero-order chi connectivity index (χ0) is 38.9. The van der Waals surface area contributed by atoms with Crippen LogP contribution in [0.1, 0.15) is 151 Å². The fourth-order valence-corrected chi connectivity index (χ4v) is 2.63. The molecule has 1 saturated heterocycles. The van der Waals surface area contributed by atoms with Gasteiger partial charge < -0.3 is 10.0 Å². The van der Waals surface area contributed by atoms with Crippen molar-refractivity contribution in [1.29, 1.82) is 0 Å². The van der Waals surface area contributed by atoms with Crippen LogP contribution in [0.4, 0.5) is 0 Å². The van der Waals surface area contributed by atoms with Crippen molar-refractivity contribution in [2.45, 2.75) is 163 Å². The van der Waals surface area contributed by atoms with E-state index in [1.54, 1.807) is 29.2 Å². The second-order valence-electron chi connectivity index (χ2n) is 7.30. The van der Waals surface area contributed by atoms with Gasteiger partial charge in [-0.2, -0.15) is 0 Å². The maximum Gasteiger partial charge on any atom is 0.230 e. The van der Waals surface area contributed by atoms with Gasteiger partial charge in [0.25, 0.3) is 0 Å². The lowest BCUT2D eigenvalue weighted by Crippen LogP contribution is -2.52. The molecule has 3 heteroatoms. The van der Waals surface area contributed by atoms with Gasteiger partial charge in [0.05, 0.1) is 18.6 Å². The first-order valence-electron chi connectivity index (χ1n) is 18.0. The predicted molar refractivity (Wildman–Crippen MR) is 222 cm³/mol. The Morgan fingerprint density at radius 1 is 0.804 bits per heavy atom. The number of hydrogen-bond donors (Lipinski definition) is 1. The molecule has 46 heavy (non-hydrogen) atoms. The lowest BCUT2D eigenvalue weighted by atomic mass is 9.92. The number of nitrogens with zero attached hydrogens (tertiary/aromatic N) is 1. The van der Waals surface area contributed by atoms with E-state index in [4.69, 9.17) is 0 Å². The fraction of sp³-hybridized carbons (Fsp3) is 0.558. The number of β-lactam (4-membered cyclic amide) rings is 1. The number of likely N-dealkylation sites (tertiary alicyclic amines) is 1. The molecule has 1 aliphatic rings. The molecule has 1 heterocycles. The smallest absolute Gasteiger partial charge is 0.230 e.